The van der Waals surface area contributed by atoms with E-state index in [1.54, 1.807) is 5.48 Å². The number of hydrogen-bond donors (Lipinski definition) is 3. The van der Waals surface area contributed by atoms with Crippen LogP contribution in [0.15, 0.2) is 60.7 Å². The van der Waals surface area contributed by atoms with Crippen LogP contribution in [0, 0.1) is 6.92 Å². The van der Waals surface area contributed by atoms with Crippen molar-refractivity contribution < 1.29 is 19.6 Å². The highest BCUT2D eigenvalue weighted by molar-refractivity contribution is 5.82. The van der Waals surface area contributed by atoms with Gasteiger partial charge < -0.3 is 4.74 Å². The maximum atomic E-state index is 11.3. The Balaban J connectivity index is 1.43. The smallest absolute Gasteiger partial charge is 0.243 e. The number of aromatic nitrogens is 1. The summed E-state index contributed by atoms with van der Waals surface area (Å²) in [4.78, 5) is 21.5. The zero-order valence-electron chi connectivity index (χ0n) is 17.5. The molecule has 1 aromatic heterocycles. The molecule has 2 aromatic carbocycles. The van der Waals surface area contributed by atoms with Crippen molar-refractivity contribution >= 4 is 22.5 Å². The van der Waals surface area contributed by atoms with Crippen LogP contribution in [0.2, 0.25) is 0 Å². The molecule has 0 aliphatic carbocycles. The number of carbonyl (C=O) groups excluding carboxylic acids is 1. The Kier molecular flexibility index (Phi) is 5.88. The number of benzene rings is 2. The molecule has 0 bridgehead atoms. The summed E-state index contributed by atoms with van der Waals surface area (Å²) < 4.78 is 6.02. The Labute approximate surface area is 180 Å². The molecule has 7 heteroatoms. The first-order valence-corrected chi connectivity index (χ1v) is 10.1. The van der Waals surface area contributed by atoms with Gasteiger partial charge in [0, 0.05) is 23.1 Å². The summed E-state index contributed by atoms with van der Waals surface area (Å²) in [5.41, 5.74) is 8.75. The number of nitrogens with one attached hydrogen (secondary N) is 2. The van der Waals surface area contributed by atoms with Gasteiger partial charge in [-0.15, -0.1) is 0 Å². The minimum Gasteiger partial charge on any atom is -0.489 e. The van der Waals surface area contributed by atoms with Crippen LogP contribution < -0.4 is 15.7 Å². The molecule has 2 heterocycles. The SMILES string of the molecule is Cc1cc(COc2ccc(C3=CC(C)(CCC(=O)NO)ON3)cc2)c2ccccc2n1. The molecule has 160 valence electrons. The number of nitrogens with zero attached hydrogens (tertiary/aromatic N) is 1. The van der Waals surface area contributed by atoms with Crippen LogP contribution in [0.5, 0.6) is 5.75 Å². The molecular weight excluding hydrogens is 394 g/mol. The number of pyridine rings is 1. The number of para-hydroxylation sites is 1. The third-order valence-electron chi connectivity index (χ3n) is 5.31. The maximum Gasteiger partial charge on any atom is 0.243 e. The number of fused-ring (bicyclic) bond motifs is 1. The van der Waals surface area contributed by atoms with Crippen molar-refractivity contribution in [2.45, 2.75) is 38.9 Å². The quantitative estimate of drug-likeness (QED) is 0.395. The highest BCUT2D eigenvalue weighted by Gasteiger charge is 2.30. The molecule has 1 unspecified atom stereocenters. The minimum absolute atomic E-state index is 0.161. The van der Waals surface area contributed by atoms with Gasteiger partial charge in [0.1, 0.15) is 18.0 Å². The highest BCUT2D eigenvalue weighted by Crippen LogP contribution is 2.30. The van der Waals surface area contributed by atoms with Gasteiger partial charge in [-0.3, -0.25) is 25.3 Å². The standard InChI is InChI=1S/C24H25N3O4/c1-16-13-18(20-5-3-4-6-21(20)25-16)15-30-19-9-7-17(8-10-19)22-14-24(2,31-27-22)12-11-23(28)26-29/h3-10,13-14,27,29H,11-12,15H2,1-2H3,(H,26,28). The summed E-state index contributed by atoms with van der Waals surface area (Å²) >= 11 is 0. The topological polar surface area (TPSA) is 92.7 Å². The summed E-state index contributed by atoms with van der Waals surface area (Å²) in [6, 6.07) is 17.9. The van der Waals surface area contributed by atoms with E-state index in [1.807, 2.05) is 62.4 Å². The van der Waals surface area contributed by atoms with E-state index >= 15 is 0 Å². The van der Waals surface area contributed by atoms with Crippen molar-refractivity contribution in [3.8, 4) is 5.75 Å². The van der Waals surface area contributed by atoms with E-state index in [0.717, 1.165) is 39.2 Å². The number of rotatable bonds is 7. The number of amides is 1. The largest absolute Gasteiger partial charge is 0.489 e. The van der Waals surface area contributed by atoms with Gasteiger partial charge in [0.05, 0.1) is 11.2 Å². The second-order valence-electron chi connectivity index (χ2n) is 7.86. The van der Waals surface area contributed by atoms with Crippen LogP contribution in [-0.4, -0.2) is 21.7 Å². The van der Waals surface area contributed by atoms with Crippen LogP contribution in [0.4, 0.5) is 0 Å². The van der Waals surface area contributed by atoms with Crippen LogP contribution in [0.1, 0.15) is 36.6 Å². The zero-order chi connectivity index (χ0) is 21.8. The predicted molar refractivity (Wildman–Crippen MR) is 117 cm³/mol. The van der Waals surface area contributed by atoms with Crippen molar-refractivity contribution in [1.29, 1.82) is 0 Å². The van der Waals surface area contributed by atoms with Crippen molar-refractivity contribution in [1.82, 2.24) is 15.9 Å². The summed E-state index contributed by atoms with van der Waals surface area (Å²) in [7, 11) is 0. The van der Waals surface area contributed by atoms with Gasteiger partial charge in [-0.25, -0.2) is 5.48 Å². The Morgan fingerprint density at radius 3 is 2.77 bits per heavy atom. The lowest BCUT2D eigenvalue weighted by Gasteiger charge is -2.18. The number of carbonyl (C=O) groups is 1. The molecule has 1 aliphatic heterocycles. The number of hydroxylamine groups is 2. The fraction of sp³-hybridized carbons (Fsp3) is 0.250. The van der Waals surface area contributed by atoms with E-state index in [4.69, 9.17) is 14.8 Å². The number of hydrogen-bond acceptors (Lipinski definition) is 6. The van der Waals surface area contributed by atoms with Gasteiger partial charge in [0.25, 0.3) is 0 Å². The van der Waals surface area contributed by atoms with E-state index in [9.17, 15) is 4.79 Å². The molecule has 4 rings (SSSR count). The third kappa shape index (κ3) is 4.84. The average Bonchev–Trinajstić information content (AvgIpc) is 3.18. The second-order valence-corrected chi connectivity index (χ2v) is 7.86. The molecule has 0 saturated carbocycles. The first kappa shape index (κ1) is 20.8. The van der Waals surface area contributed by atoms with E-state index in [0.29, 0.717) is 13.0 Å². The number of aryl methyl sites for hydroxylation is 1. The normalized spacial score (nSPS) is 17.8. The molecule has 31 heavy (non-hydrogen) atoms. The van der Waals surface area contributed by atoms with Gasteiger partial charge in [0.2, 0.25) is 5.91 Å². The van der Waals surface area contributed by atoms with Crippen molar-refractivity contribution in [2.75, 3.05) is 0 Å². The fourth-order valence-electron chi connectivity index (χ4n) is 3.62. The van der Waals surface area contributed by atoms with Crippen molar-refractivity contribution in [3.05, 3.63) is 77.5 Å². The van der Waals surface area contributed by atoms with Crippen LogP contribution >= 0.6 is 0 Å². The molecule has 1 atom stereocenters. The molecule has 3 N–H and O–H groups in total. The lowest BCUT2D eigenvalue weighted by atomic mass is 9.98. The lowest BCUT2D eigenvalue weighted by Crippen LogP contribution is -2.28. The monoisotopic (exact) mass is 419 g/mol. The number of ether oxygens (including phenoxy) is 1. The molecule has 1 aliphatic rings. The Morgan fingerprint density at radius 1 is 1.23 bits per heavy atom. The summed E-state index contributed by atoms with van der Waals surface area (Å²) in [5.74, 6) is 0.328. The molecule has 0 radical (unpaired) electrons. The average molecular weight is 419 g/mol. The Bertz CT molecular complexity index is 1130. The summed E-state index contributed by atoms with van der Waals surface area (Å²) in [6.07, 6.45) is 2.55. The van der Waals surface area contributed by atoms with Gasteiger partial charge in [-0.1, -0.05) is 18.2 Å². The van der Waals surface area contributed by atoms with Crippen LogP contribution in [0.25, 0.3) is 16.6 Å². The van der Waals surface area contributed by atoms with E-state index in [2.05, 4.69) is 22.6 Å². The second kappa shape index (κ2) is 8.75. The zero-order valence-corrected chi connectivity index (χ0v) is 17.5. The lowest BCUT2D eigenvalue weighted by molar-refractivity contribution is -0.130. The van der Waals surface area contributed by atoms with Gasteiger partial charge in [0.15, 0.2) is 0 Å². The van der Waals surface area contributed by atoms with Crippen molar-refractivity contribution in [3.63, 3.8) is 0 Å². The molecule has 7 nitrogen and oxygen atoms in total. The molecule has 1 amide bonds. The van der Waals surface area contributed by atoms with Crippen molar-refractivity contribution in [2.24, 2.45) is 0 Å². The first-order valence-electron chi connectivity index (χ1n) is 10.1. The van der Waals surface area contributed by atoms with Gasteiger partial charge >= 0.3 is 0 Å². The molecule has 3 aromatic rings. The van der Waals surface area contributed by atoms with Gasteiger partial charge in [-0.05, 0) is 68.3 Å². The molecule has 0 fully saturated rings. The van der Waals surface area contributed by atoms with E-state index in [1.165, 1.54) is 0 Å². The summed E-state index contributed by atoms with van der Waals surface area (Å²) in [6.45, 7) is 4.33. The maximum absolute atomic E-state index is 11.3. The minimum atomic E-state index is -0.628. The molecule has 0 saturated heterocycles. The first-order chi connectivity index (χ1) is 15.0. The third-order valence-corrected chi connectivity index (χ3v) is 5.31. The Morgan fingerprint density at radius 2 is 2.00 bits per heavy atom. The van der Waals surface area contributed by atoms with Gasteiger partial charge in [-0.2, -0.15) is 0 Å². The fourth-order valence-corrected chi connectivity index (χ4v) is 3.62. The van der Waals surface area contributed by atoms with Crippen LogP contribution in [-0.2, 0) is 16.2 Å². The van der Waals surface area contributed by atoms with Crippen LogP contribution in [0.3, 0.4) is 0 Å². The van der Waals surface area contributed by atoms with E-state index < -0.39 is 11.5 Å². The molecular formula is C24H25N3O4. The van der Waals surface area contributed by atoms with E-state index in [-0.39, 0.29) is 6.42 Å². The molecule has 0 spiro atoms. The Hall–Kier alpha value is -3.42. The highest BCUT2D eigenvalue weighted by atomic mass is 16.7. The predicted octanol–water partition coefficient (Wildman–Crippen LogP) is 4.04. The summed E-state index contributed by atoms with van der Waals surface area (Å²) in [5, 5.41) is 9.74.